The minimum Gasteiger partial charge on any atom is -0.319 e. The second-order valence-corrected chi connectivity index (χ2v) is 2.88. The zero-order valence-corrected chi connectivity index (χ0v) is 9.05. The van der Waals surface area contributed by atoms with Crippen LogP contribution in [0.2, 0.25) is 0 Å². The van der Waals surface area contributed by atoms with Crippen LogP contribution in [0.15, 0.2) is 29.4 Å². The molecule has 1 aromatic rings. The first-order valence-corrected chi connectivity index (χ1v) is 4.74. The lowest BCUT2D eigenvalue weighted by Crippen LogP contribution is -2.09. The minimum absolute atomic E-state index is 0.194. The van der Waals surface area contributed by atoms with Crippen LogP contribution < -0.4 is 5.32 Å². The summed E-state index contributed by atoms with van der Waals surface area (Å²) in [5.74, 6) is 0. The second kappa shape index (κ2) is 9.67. The predicted molar refractivity (Wildman–Crippen MR) is 61.7 cm³/mol. The fraction of sp³-hybridized carbons (Fsp3) is 0.273. The minimum atomic E-state index is 0.194. The third-order valence-electron chi connectivity index (χ3n) is 1.76. The van der Waals surface area contributed by atoms with Crippen molar-refractivity contribution < 1.29 is 9.59 Å². The van der Waals surface area contributed by atoms with Crippen molar-refractivity contribution >= 4 is 18.3 Å². The Morgan fingerprint density at radius 2 is 1.75 bits per heavy atom. The lowest BCUT2D eigenvalue weighted by Gasteiger charge is -1.99. The Kier molecular flexibility index (Phi) is 8.53. The normalized spacial score (nSPS) is 8.56. The van der Waals surface area contributed by atoms with Gasteiger partial charge in [0.2, 0.25) is 0 Å². The number of benzene rings is 1. The molecule has 0 unspecified atom stereocenters. The molecule has 86 valence electrons. The molecule has 0 radical (unpaired) electrons. The standard InChI is InChI=1S/C9H12N2O.C2H2O2/c1-10-7-6-8-2-4-9(11-12)5-3-8;3-1-2-4/h2-5,10H,6-7H2,1H3;1-2H. The molecular weight excluding hydrogens is 208 g/mol. The van der Waals surface area contributed by atoms with E-state index in [-0.39, 0.29) is 12.6 Å². The van der Waals surface area contributed by atoms with E-state index < -0.39 is 0 Å². The van der Waals surface area contributed by atoms with Gasteiger partial charge < -0.3 is 5.32 Å². The Hall–Kier alpha value is -1.88. The third-order valence-corrected chi connectivity index (χ3v) is 1.76. The number of carbonyl (C=O) groups excluding carboxylic acids is 2. The Bertz CT molecular complexity index is 317. The Morgan fingerprint density at radius 1 is 1.19 bits per heavy atom. The van der Waals surface area contributed by atoms with Gasteiger partial charge in [-0.1, -0.05) is 12.1 Å². The first kappa shape index (κ1) is 14.1. The molecule has 0 aliphatic heterocycles. The van der Waals surface area contributed by atoms with Crippen LogP contribution in [-0.2, 0) is 16.0 Å². The quantitative estimate of drug-likeness (QED) is 0.462. The third kappa shape index (κ3) is 6.56. The van der Waals surface area contributed by atoms with Gasteiger partial charge in [0.25, 0.3) is 0 Å². The van der Waals surface area contributed by atoms with Crippen LogP contribution in [0.1, 0.15) is 5.56 Å². The van der Waals surface area contributed by atoms with Gasteiger partial charge in [0.1, 0.15) is 5.69 Å². The number of hydrogen-bond acceptors (Lipinski definition) is 5. The molecule has 5 nitrogen and oxygen atoms in total. The number of aldehydes is 2. The fourth-order valence-electron chi connectivity index (χ4n) is 0.993. The topological polar surface area (TPSA) is 75.6 Å². The molecule has 0 amide bonds. The number of nitrogens with zero attached hydrogens (tertiary/aromatic N) is 1. The number of hydrogen-bond donors (Lipinski definition) is 1. The molecule has 1 N–H and O–H groups in total. The molecule has 1 rings (SSSR count). The van der Waals surface area contributed by atoms with Crippen molar-refractivity contribution in [2.24, 2.45) is 5.18 Å². The fourth-order valence-corrected chi connectivity index (χ4v) is 0.993. The van der Waals surface area contributed by atoms with E-state index in [1.54, 1.807) is 12.1 Å². The van der Waals surface area contributed by atoms with Crippen molar-refractivity contribution in [3.05, 3.63) is 34.7 Å². The first-order chi connectivity index (χ1) is 7.78. The molecule has 0 fully saturated rings. The van der Waals surface area contributed by atoms with Crippen LogP contribution in [0.5, 0.6) is 0 Å². The van der Waals surface area contributed by atoms with Crippen LogP contribution in [-0.4, -0.2) is 26.2 Å². The molecule has 0 aliphatic rings. The van der Waals surface area contributed by atoms with E-state index in [1.165, 1.54) is 5.56 Å². The lowest BCUT2D eigenvalue weighted by molar-refractivity contribution is -0.122. The summed E-state index contributed by atoms with van der Waals surface area (Å²) < 4.78 is 0. The van der Waals surface area contributed by atoms with Gasteiger partial charge >= 0.3 is 0 Å². The zero-order chi connectivity index (χ0) is 12.2. The van der Waals surface area contributed by atoms with E-state index in [2.05, 4.69) is 10.5 Å². The van der Waals surface area contributed by atoms with Gasteiger partial charge in [-0.3, -0.25) is 9.59 Å². The van der Waals surface area contributed by atoms with Gasteiger partial charge in [-0.05, 0) is 42.9 Å². The number of nitrogens with one attached hydrogen (secondary N) is 1. The number of nitroso groups, excluding NO2 is 1. The van der Waals surface area contributed by atoms with Gasteiger partial charge in [0.15, 0.2) is 12.6 Å². The van der Waals surface area contributed by atoms with Gasteiger partial charge in [-0.2, -0.15) is 0 Å². The van der Waals surface area contributed by atoms with Crippen LogP contribution >= 0.6 is 0 Å². The van der Waals surface area contributed by atoms with E-state index in [9.17, 15) is 4.91 Å². The molecule has 16 heavy (non-hydrogen) atoms. The summed E-state index contributed by atoms with van der Waals surface area (Å²) in [6, 6.07) is 7.32. The molecule has 1 aromatic carbocycles. The number of carbonyl (C=O) groups is 2. The Morgan fingerprint density at radius 3 is 2.12 bits per heavy atom. The highest BCUT2D eigenvalue weighted by Crippen LogP contribution is 2.12. The summed E-state index contributed by atoms with van der Waals surface area (Å²) in [7, 11) is 1.92. The van der Waals surface area contributed by atoms with E-state index in [0.29, 0.717) is 5.69 Å². The molecular formula is C11H14N2O3. The predicted octanol–water partition coefficient (Wildman–Crippen LogP) is 1.23. The summed E-state index contributed by atoms with van der Waals surface area (Å²) in [4.78, 5) is 27.7. The zero-order valence-electron chi connectivity index (χ0n) is 9.05. The number of likely N-dealkylation sites (N-methyl/N-ethyl adjacent to an activating group) is 1. The highest BCUT2D eigenvalue weighted by molar-refractivity contribution is 6.09. The Labute approximate surface area is 93.8 Å². The molecule has 0 bridgehead atoms. The van der Waals surface area contributed by atoms with Crippen molar-refractivity contribution in [1.82, 2.24) is 5.32 Å². The summed E-state index contributed by atoms with van der Waals surface area (Å²) in [5, 5.41) is 5.89. The molecule has 0 aliphatic carbocycles. The van der Waals surface area contributed by atoms with E-state index in [1.807, 2.05) is 19.2 Å². The summed E-state index contributed by atoms with van der Waals surface area (Å²) in [6.45, 7) is 0.952. The monoisotopic (exact) mass is 222 g/mol. The molecule has 0 aromatic heterocycles. The van der Waals surface area contributed by atoms with E-state index in [0.717, 1.165) is 13.0 Å². The maximum absolute atomic E-state index is 10.1. The highest BCUT2D eigenvalue weighted by Gasteiger charge is 1.92. The first-order valence-electron chi connectivity index (χ1n) is 4.74. The summed E-state index contributed by atoms with van der Waals surface area (Å²) >= 11 is 0. The molecule has 0 saturated heterocycles. The van der Waals surface area contributed by atoms with Gasteiger partial charge in [0, 0.05) is 0 Å². The van der Waals surface area contributed by atoms with Crippen LogP contribution in [0.4, 0.5) is 5.69 Å². The smallest absolute Gasteiger partial charge is 0.182 e. The maximum Gasteiger partial charge on any atom is 0.182 e. The highest BCUT2D eigenvalue weighted by atomic mass is 16.3. The molecule has 0 heterocycles. The second-order valence-electron chi connectivity index (χ2n) is 2.88. The van der Waals surface area contributed by atoms with Gasteiger partial charge in [-0.25, -0.2) is 0 Å². The Balaban J connectivity index is 0.000000487. The average Bonchev–Trinajstić information content (AvgIpc) is 2.37. The van der Waals surface area contributed by atoms with Gasteiger partial charge in [-0.15, -0.1) is 4.91 Å². The van der Waals surface area contributed by atoms with Crippen molar-refractivity contribution in [2.75, 3.05) is 13.6 Å². The SMILES string of the molecule is CNCCc1ccc(N=O)cc1.O=CC=O. The van der Waals surface area contributed by atoms with E-state index in [4.69, 9.17) is 9.59 Å². The molecule has 0 spiro atoms. The van der Waals surface area contributed by atoms with Crippen molar-refractivity contribution in [2.45, 2.75) is 6.42 Å². The lowest BCUT2D eigenvalue weighted by atomic mass is 10.1. The van der Waals surface area contributed by atoms with Crippen molar-refractivity contribution in [3.8, 4) is 0 Å². The molecule has 0 saturated carbocycles. The largest absolute Gasteiger partial charge is 0.319 e. The maximum atomic E-state index is 10.1. The molecule has 0 atom stereocenters. The van der Waals surface area contributed by atoms with Crippen LogP contribution in [0.25, 0.3) is 0 Å². The van der Waals surface area contributed by atoms with Crippen LogP contribution in [0, 0.1) is 4.91 Å². The van der Waals surface area contributed by atoms with Crippen LogP contribution in [0.3, 0.4) is 0 Å². The summed E-state index contributed by atoms with van der Waals surface area (Å²) in [6.07, 6.45) is 1.37. The molecule has 5 heteroatoms. The summed E-state index contributed by atoms with van der Waals surface area (Å²) in [5.41, 5.74) is 1.71. The van der Waals surface area contributed by atoms with E-state index >= 15 is 0 Å². The van der Waals surface area contributed by atoms with Gasteiger partial charge in [0.05, 0.1) is 0 Å². The van der Waals surface area contributed by atoms with Crippen molar-refractivity contribution in [3.63, 3.8) is 0 Å². The number of rotatable bonds is 5. The average molecular weight is 222 g/mol. The van der Waals surface area contributed by atoms with Crippen molar-refractivity contribution in [1.29, 1.82) is 0 Å².